The first kappa shape index (κ1) is 20.1. The van der Waals surface area contributed by atoms with Crippen molar-refractivity contribution in [2.24, 2.45) is 0 Å². The highest BCUT2D eigenvalue weighted by Gasteiger charge is 2.38. The van der Waals surface area contributed by atoms with Crippen molar-refractivity contribution in [3.8, 4) is 0 Å². The van der Waals surface area contributed by atoms with E-state index >= 15 is 0 Å². The molecule has 0 radical (unpaired) electrons. The van der Waals surface area contributed by atoms with Gasteiger partial charge in [0.25, 0.3) is 5.91 Å². The van der Waals surface area contributed by atoms with Gasteiger partial charge in [-0.2, -0.15) is 0 Å². The number of piperidine rings is 1. The molecule has 1 aromatic carbocycles. The number of likely N-dealkylation sites (tertiary alicyclic amines) is 1. The minimum atomic E-state index is -0.282. The Labute approximate surface area is 171 Å². The molecule has 3 heterocycles. The third kappa shape index (κ3) is 3.95. The quantitative estimate of drug-likeness (QED) is 0.699. The zero-order valence-corrected chi connectivity index (χ0v) is 17.0. The molecule has 0 bridgehead atoms. The second-order valence-electron chi connectivity index (χ2n) is 7.85. The molecule has 0 saturated carbocycles. The monoisotopic (exact) mass is 399 g/mol. The summed E-state index contributed by atoms with van der Waals surface area (Å²) in [5.74, 6) is -0.207. The molecule has 4 rings (SSSR count). The van der Waals surface area contributed by atoms with Gasteiger partial charge in [0.1, 0.15) is 6.04 Å². The minimum absolute atomic E-state index is 0.0107. The van der Waals surface area contributed by atoms with Gasteiger partial charge in [-0.25, -0.2) is 0 Å². The summed E-state index contributed by atoms with van der Waals surface area (Å²) in [6, 6.07) is 7.65. The molecule has 2 saturated heterocycles. The molecule has 0 spiro atoms. The second-order valence-corrected chi connectivity index (χ2v) is 7.85. The standard InChI is InChI=1S/C22H29N3O4/c1-16-18-5-3-4-6-19(18)21(26)25(16)10-9-24-8-7-17(15-20(24)22(27)28-2)23-11-13-29-14-12-23/h3-6,17,20H,1,7-15H2,2H3. The Morgan fingerprint density at radius 2 is 1.90 bits per heavy atom. The third-order valence-electron chi connectivity index (χ3n) is 6.37. The van der Waals surface area contributed by atoms with Crippen LogP contribution in [0.2, 0.25) is 0 Å². The van der Waals surface area contributed by atoms with Crippen LogP contribution in [0.1, 0.15) is 28.8 Å². The summed E-state index contributed by atoms with van der Waals surface area (Å²) in [4.78, 5) is 31.6. The Hall–Kier alpha value is -2.22. The SMILES string of the molecule is C=C1c2ccccc2C(=O)N1CCN1CCC(N2CCOCC2)CC1C(=O)OC. The van der Waals surface area contributed by atoms with Crippen LogP contribution in [0.5, 0.6) is 0 Å². The van der Waals surface area contributed by atoms with E-state index in [0.29, 0.717) is 24.7 Å². The highest BCUT2D eigenvalue weighted by Crippen LogP contribution is 2.31. The second kappa shape index (κ2) is 8.65. The molecule has 3 aliphatic heterocycles. The molecule has 3 aliphatic rings. The smallest absolute Gasteiger partial charge is 0.323 e. The molecule has 0 aliphatic carbocycles. The largest absolute Gasteiger partial charge is 0.468 e. The maximum Gasteiger partial charge on any atom is 0.323 e. The molecule has 0 N–H and O–H groups in total. The number of ether oxygens (including phenoxy) is 2. The van der Waals surface area contributed by atoms with Gasteiger partial charge in [-0.1, -0.05) is 24.8 Å². The molecule has 1 amide bonds. The van der Waals surface area contributed by atoms with Gasteiger partial charge < -0.3 is 14.4 Å². The molecule has 2 unspecified atom stereocenters. The summed E-state index contributed by atoms with van der Waals surface area (Å²) in [5, 5.41) is 0. The number of carbonyl (C=O) groups is 2. The van der Waals surface area contributed by atoms with Crippen LogP contribution in [0.15, 0.2) is 30.8 Å². The summed E-state index contributed by atoms with van der Waals surface area (Å²) in [6.07, 6.45) is 1.75. The van der Waals surface area contributed by atoms with Gasteiger partial charge in [-0.15, -0.1) is 0 Å². The molecule has 7 nitrogen and oxygen atoms in total. The minimum Gasteiger partial charge on any atom is -0.468 e. The normalized spacial score (nSPS) is 25.9. The number of hydrogen-bond donors (Lipinski definition) is 0. The number of hydrogen-bond acceptors (Lipinski definition) is 6. The van der Waals surface area contributed by atoms with Gasteiger partial charge in [0.15, 0.2) is 0 Å². The molecule has 156 valence electrons. The van der Waals surface area contributed by atoms with Gasteiger partial charge >= 0.3 is 5.97 Å². The van der Waals surface area contributed by atoms with Gasteiger partial charge in [0.2, 0.25) is 0 Å². The van der Waals surface area contributed by atoms with Crippen molar-refractivity contribution in [2.75, 3.05) is 53.0 Å². The maximum atomic E-state index is 12.7. The summed E-state index contributed by atoms with van der Waals surface area (Å²) >= 11 is 0. The Kier molecular flexibility index (Phi) is 5.99. The van der Waals surface area contributed by atoms with Crippen LogP contribution in [0.25, 0.3) is 5.70 Å². The first-order valence-corrected chi connectivity index (χ1v) is 10.3. The molecule has 2 fully saturated rings. The van der Waals surface area contributed by atoms with Crippen molar-refractivity contribution in [2.45, 2.75) is 24.9 Å². The van der Waals surface area contributed by atoms with Crippen LogP contribution in [-0.2, 0) is 14.3 Å². The van der Waals surface area contributed by atoms with Crippen LogP contribution in [0, 0.1) is 0 Å². The number of rotatable bonds is 5. The molecule has 0 aromatic heterocycles. The van der Waals surface area contributed by atoms with Crippen molar-refractivity contribution >= 4 is 17.6 Å². The maximum absolute atomic E-state index is 12.7. The summed E-state index contributed by atoms with van der Waals surface area (Å²) < 4.78 is 10.6. The Morgan fingerprint density at radius 3 is 2.59 bits per heavy atom. The lowest BCUT2D eigenvalue weighted by atomic mass is 9.95. The molecular formula is C22H29N3O4. The lowest BCUT2D eigenvalue weighted by Gasteiger charge is -2.43. The first-order valence-electron chi connectivity index (χ1n) is 10.3. The Balaban J connectivity index is 1.41. The molecule has 29 heavy (non-hydrogen) atoms. The van der Waals surface area contributed by atoms with Gasteiger partial charge in [-0.05, 0) is 18.9 Å². The Bertz CT molecular complexity index is 755. The van der Waals surface area contributed by atoms with Crippen LogP contribution in [0.3, 0.4) is 0 Å². The number of amides is 1. The van der Waals surface area contributed by atoms with E-state index in [1.54, 1.807) is 4.90 Å². The predicted octanol–water partition coefficient (Wildman–Crippen LogP) is 1.45. The fourth-order valence-electron chi connectivity index (χ4n) is 4.72. The topological polar surface area (TPSA) is 62.3 Å². The van der Waals surface area contributed by atoms with Crippen molar-refractivity contribution in [3.63, 3.8) is 0 Å². The lowest BCUT2D eigenvalue weighted by molar-refractivity contribution is -0.149. The van der Waals surface area contributed by atoms with Gasteiger partial charge in [0.05, 0.1) is 20.3 Å². The van der Waals surface area contributed by atoms with E-state index in [2.05, 4.69) is 16.4 Å². The van der Waals surface area contributed by atoms with Crippen LogP contribution in [-0.4, -0.2) is 91.7 Å². The number of benzene rings is 1. The number of methoxy groups -OCH3 is 1. The van der Waals surface area contributed by atoms with E-state index in [0.717, 1.165) is 57.0 Å². The van der Waals surface area contributed by atoms with E-state index in [9.17, 15) is 9.59 Å². The summed E-state index contributed by atoms with van der Waals surface area (Å²) in [5.41, 5.74) is 2.34. The number of fused-ring (bicyclic) bond motifs is 1. The van der Waals surface area contributed by atoms with E-state index < -0.39 is 0 Å². The first-order chi connectivity index (χ1) is 14.1. The molecular weight excluding hydrogens is 370 g/mol. The van der Waals surface area contributed by atoms with Crippen LogP contribution in [0.4, 0.5) is 0 Å². The van der Waals surface area contributed by atoms with E-state index in [1.165, 1.54) is 7.11 Å². The molecule has 1 aromatic rings. The number of esters is 1. The average molecular weight is 399 g/mol. The zero-order chi connectivity index (χ0) is 20.4. The van der Waals surface area contributed by atoms with Crippen LogP contribution < -0.4 is 0 Å². The highest BCUT2D eigenvalue weighted by atomic mass is 16.5. The third-order valence-corrected chi connectivity index (χ3v) is 6.37. The number of morpholine rings is 1. The predicted molar refractivity (Wildman–Crippen MR) is 109 cm³/mol. The summed E-state index contributed by atoms with van der Waals surface area (Å²) in [6.45, 7) is 9.39. The summed E-state index contributed by atoms with van der Waals surface area (Å²) in [7, 11) is 1.45. The highest BCUT2D eigenvalue weighted by molar-refractivity contribution is 6.08. The fraction of sp³-hybridized carbons (Fsp3) is 0.545. The van der Waals surface area contributed by atoms with Gasteiger partial charge in [-0.3, -0.25) is 19.4 Å². The van der Waals surface area contributed by atoms with Crippen molar-refractivity contribution < 1.29 is 19.1 Å². The van der Waals surface area contributed by atoms with E-state index in [-0.39, 0.29) is 17.9 Å². The van der Waals surface area contributed by atoms with Crippen molar-refractivity contribution in [3.05, 3.63) is 42.0 Å². The van der Waals surface area contributed by atoms with Crippen molar-refractivity contribution in [1.82, 2.24) is 14.7 Å². The van der Waals surface area contributed by atoms with E-state index in [4.69, 9.17) is 9.47 Å². The average Bonchev–Trinajstić information content (AvgIpc) is 3.02. The van der Waals surface area contributed by atoms with Crippen LogP contribution >= 0.6 is 0 Å². The molecule has 7 heteroatoms. The number of carbonyl (C=O) groups excluding carboxylic acids is 2. The van der Waals surface area contributed by atoms with Crippen molar-refractivity contribution in [1.29, 1.82) is 0 Å². The van der Waals surface area contributed by atoms with E-state index in [1.807, 2.05) is 24.3 Å². The zero-order valence-electron chi connectivity index (χ0n) is 17.0. The van der Waals surface area contributed by atoms with Gasteiger partial charge in [0, 0.05) is 55.6 Å². The fourth-order valence-corrected chi connectivity index (χ4v) is 4.72. The number of nitrogens with zero attached hydrogens (tertiary/aromatic N) is 3. The lowest BCUT2D eigenvalue weighted by Crippen LogP contribution is -2.56. The molecule has 2 atom stereocenters. The Morgan fingerprint density at radius 1 is 1.17 bits per heavy atom.